The van der Waals surface area contributed by atoms with E-state index in [9.17, 15) is 14.3 Å². The predicted molar refractivity (Wildman–Crippen MR) is 111 cm³/mol. The van der Waals surface area contributed by atoms with Crippen LogP contribution in [0.25, 0.3) is 10.9 Å². The van der Waals surface area contributed by atoms with Crippen LogP contribution in [0.4, 0.5) is 23.7 Å². The number of fused-ring (bicyclic) bond motifs is 1. The van der Waals surface area contributed by atoms with Gasteiger partial charge in [-0.3, -0.25) is 5.10 Å². The molecule has 0 spiro atoms. The summed E-state index contributed by atoms with van der Waals surface area (Å²) in [6.45, 7) is 0.173. The fourth-order valence-corrected chi connectivity index (χ4v) is 4.16. The highest BCUT2D eigenvalue weighted by atomic mass is 35.5. The molecule has 1 fully saturated rings. The molecule has 1 unspecified atom stereocenters. The Morgan fingerprint density at radius 3 is 2.74 bits per heavy atom. The molecule has 0 radical (unpaired) electrons. The van der Waals surface area contributed by atoms with Crippen molar-refractivity contribution in [3.63, 3.8) is 0 Å². The van der Waals surface area contributed by atoms with Gasteiger partial charge in [-0.15, -0.1) is 0 Å². The van der Waals surface area contributed by atoms with Crippen molar-refractivity contribution >= 4 is 34.2 Å². The van der Waals surface area contributed by atoms with E-state index < -0.39 is 29.8 Å². The maximum absolute atomic E-state index is 15.2. The zero-order chi connectivity index (χ0) is 22.2. The number of H-pyrrole nitrogens is 1. The quantitative estimate of drug-likeness (QED) is 0.523. The van der Waals surface area contributed by atoms with Crippen LogP contribution in [0.3, 0.4) is 0 Å². The van der Waals surface area contributed by atoms with Gasteiger partial charge in [0.2, 0.25) is 0 Å². The van der Waals surface area contributed by atoms with Gasteiger partial charge in [-0.1, -0.05) is 17.7 Å². The highest BCUT2D eigenvalue weighted by Gasteiger charge is 2.48. The topological polar surface area (TPSA) is 81.2 Å². The van der Waals surface area contributed by atoms with Gasteiger partial charge in [-0.2, -0.15) is 5.10 Å². The molecule has 6 nitrogen and oxygen atoms in total. The molecule has 10 heteroatoms. The second kappa shape index (κ2) is 8.39. The molecule has 2 heterocycles. The van der Waals surface area contributed by atoms with E-state index in [0.29, 0.717) is 10.9 Å². The Labute approximate surface area is 181 Å². The number of carbonyl (C=O) groups is 1. The molecule has 1 atom stereocenters. The van der Waals surface area contributed by atoms with Crippen molar-refractivity contribution in [3.8, 4) is 0 Å². The summed E-state index contributed by atoms with van der Waals surface area (Å²) in [6, 6.07) is 7.83. The average Bonchev–Trinajstić information content (AvgIpc) is 3.21. The Balaban J connectivity index is 1.43. The van der Waals surface area contributed by atoms with Gasteiger partial charge in [0.15, 0.2) is 0 Å². The van der Waals surface area contributed by atoms with Crippen LogP contribution < -0.4 is 5.32 Å². The summed E-state index contributed by atoms with van der Waals surface area (Å²) in [5, 5.41) is 20.3. The number of carbonyl (C=O) groups excluding carboxylic acids is 1. The first kappa shape index (κ1) is 21.5. The molecule has 2 aromatic carbocycles. The zero-order valence-electron chi connectivity index (χ0n) is 16.3. The first-order valence-electron chi connectivity index (χ1n) is 9.75. The molecule has 1 saturated heterocycles. The van der Waals surface area contributed by atoms with Crippen LogP contribution in [0, 0.1) is 11.7 Å². The van der Waals surface area contributed by atoms with Gasteiger partial charge in [-0.05, 0) is 43.2 Å². The molecule has 0 aliphatic carbocycles. The van der Waals surface area contributed by atoms with Crippen molar-refractivity contribution in [2.75, 3.05) is 18.4 Å². The zero-order valence-corrected chi connectivity index (χ0v) is 17.0. The van der Waals surface area contributed by atoms with Crippen molar-refractivity contribution in [2.24, 2.45) is 5.92 Å². The third-order valence-electron chi connectivity index (χ3n) is 5.61. The summed E-state index contributed by atoms with van der Waals surface area (Å²) in [7, 11) is 0. The monoisotopic (exact) mass is 452 g/mol. The number of benzene rings is 2. The highest BCUT2D eigenvalue weighted by molar-refractivity contribution is 6.31. The number of nitrogens with zero attached hydrogens (tertiary/aromatic N) is 2. The number of aliphatic hydroxyl groups excluding tert-OH is 1. The lowest BCUT2D eigenvalue weighted by Crippen LogP contribution is -2.46. The summed E-state index contributed by atoms with van der Waals surface area (Å²) in [4.78, 5) is 13.8. The van der Waals surface area contributed by atoms with Gasteiger partial charge in [-0.25, -0.2) is 18.0 Å². The van der Waals surface area contributed by atoms with E-state index in [1.54, 1.807) is 12.1 Å². The van der Waals surface area contributed by atoms with Crippen LogP contribution >= 0.6 is 11.6 Å². The number of halogens is 4. The molecule has 3 N–H and O–H groups in total. The molecule has 0 bridgehead atoms. The number of urea groups is 1. The van der Waals surface area contributed by atoms with E-state index >= 15 is 8.78 Å². The van der Waals surface area contributed by atoms with Gasteiger partial charge >= 0.3 is 6.03 Å². The van der Waals surface area contributed by atoms with Crippen molar-refractivity contribution < 1.29 is 23.1 Å². The van der Waals surface area contributed by atoms with Crippen molar-refractivity contribution in [3.05, 3.63) is 59.0 Å². The van der Waals surface area contributed by atoms with E-state index in [4.69, 9.17) is 11.6 Å². The van der Waals surface area contributed by atoms with Crippen molar-refractivity contribution in [1.29, 1.82) is 0 Å². The van der Waals surface area contributed by atoms with E-state index in [-0.39, 0.29) is 42.2 Å². The van der Waals surface area contributed by atoms with E-state index in [0.717, 1.165) is 0 Å². The first-order chi connectivity index (χ1) is 14.8. The van der Waals surface area contributed by atoms with Crippen molar-refractivity contribution in [1.82, 2.24) is 15.1 Å². The fourth-order valence-electron chi connectivity index (χ4n) is 3.93. The van der Waals surface area contributed by atoms with E-state index in [2.05, 4.69) is 15.5 Å². The SMILES string of the molecule is O=C(Nc1cccc(F)c1)N1CCC(C(F)(F)C(O)c2cc(Cl)cc3cn[nH]c23)CC1. The minimum absolute atomic E-state index is 0.00726. The van der Waals surface area contributed by atoms with Gasteiger partial charge < -0.3 is 15.3 Å². The molecule has 164 valence electrons. The molecule has 2 amide bonds. The van der Waals surface area contributed by atoms with Crippen LogP contribution in [0.15, 0.2) is 42.6 Å². The maximum atomic E-state index is 15.2. The molecular formula is C21H20ClF3N4O2. The lowest BCUT2D eigenvalue weighted by molar-refractivity contribution is -0.159. The van der Waals surface area contributed by atoms with Crippen LogP contribution in [-0.4, -0.2) is 45.2 Å². The molecule has 3 aromatic rings. The third kappa shape index (κ3) is 4.33. The number of alkyl halides is 2. The van der Waals surface area contributed by atoms with Crippen molar-refractivity contribution in [2.45, 2.75) is 24.9 Å². The first-order valence-corrected chi connectivity index (χ1v) is 10.1. The fraction of sp³-hybridized carbons (Fsp3) is 0.333. The molecule has 1 aliphatic heterocycles. The number of aromatic nitrogens is 2. The summed E-state index contributed by atoms with van der Waals surface area (Å²) in [5.74, 6) is -5.05. The largest absolute Gasteiger partial charge is 0.382 e. The second-order valence-corrected chi connectivity index (χ2v) is 8.04. The smallest absolute Gasteiger partial charge is 0.321 e. The third-order valence-corrected chi connectivity index (χ3v) is 5.82. The minimum atomic E-state index is -3.44. The van der Waals surface area contributed by atoms with Crippen LogP contribution in [0.5, 0.6) is 0 Å². The van der Waals surface area contributed by atoms with E-state index in [1.807, 2.05) is 0 Å². The number of nitrogens with one attached hydrogen (secondary N) is 2. The number of hydrogen-bond donors (Lipinski definition) is 3. The Kier molecular flexibility index (Phi) is 5.81. The summed E-state index contributed by atoms with van der Waals surface area (Å²) in [5.41, 5.74) is 0.581. The predicted octanol–water partition coefficient (Wildman–Crippen LogP) is 4.97. The van der Waals surface area contributed by atoms with Gasteiger partial charge in [0, 0.05) is 40.7 Å². The molecule has 1 aliphatic rings. The Bertz CT molecular complexity index is 1100. The molecule has 31 heavy (non-hydrogen) atoms. The number of rotatable bonds is 4. The summed E-state index contributed by atoms with van der Waals surface area (Å²) < 4.78 is 43.6. The molecule has 1 aromatic heterocycles. The van der Waals surface area contributed by atoms with Gasteiger partial charge in [0.05, 0.1) is 11.7 Å². The molecule has 0 saturated carbocycles. The molecular weight excluding hydrogens is 433 g/mol. The normalized spacial score (nSPS) is 16.5. The lowest BCUT2D eigenvalue weighted by atomic mass is 9.85. The summed E-state index contributed by atoms with van der Waals surface area (Å²) >= 11 is 6.02. The van der Waals surface area contributed by atoms with E-state index in [1.165, 1.54) is 35.4 Å². The second-order valence-electron chi connectivity index (χ2n) is 7.61. The lowest BCUT2D eigenvalue weighted by Gasteiger charge is -2.37. The highest BCUT2D eigenvalue weighted by Crippen LogP contribution is 2.44. The average molecular weight is 453 g/mol. The van der Waals surface area contributed by atoms with Gasteiger partial charge in [0.25, 0.3) is 5.92 Å². The van der Waals surface area contributed by atoms with Gasteiger partial charge in [0.1, 0.15) is 11.9 Å². The standard InChI is InChI=1S/C21H20ClF3N4O2/c22-14-8-12-11-26-28-18(12)17(9-14)19(30)21(24,25)13-4-6-29(7-5-13)20(31)27-16-3-1-2-15(23)10-16/h1-3,8-11,13,19,30H,4-7H2,(H,26,28)(H,27,31). The Hall–Kier alpha value is -2.78. The van der Waals surface area contributed by atoms with Crippen LogP contribution in [-0.2, 0) is 0 Å². The van der Waals surface area contributed by atoms with Crippen LogP contribution in [0.2, 0.25) is 5.02 Å². The Morgan fingerprint density at radius 1 is 1.29 bits per heavy atom. The number of anilines is 1. The minimum Gasteiger partial charge on any atom is -0.382 e. The number of amides is 2. The Morgan fingerprint density at radius 2 is 2.03 bits per heavy atom. The number of likely N-dealkylation sites (tertiary alicyclic amines) is 1. The molecule has 4 rings (SSSR count). The number of aliphatic hydroxyl groups is 1. The van der Waals surface area contributed by atoms with Crippen LogP contribution in [0.1, 0.15) is 24.5 Å². The number of aromatic amines is 1. The number of hydrogen-bond acceptors (Lipinski definition) is 3. The maximum Gasteiger partial charge on any atom is 0.321 e. The number of piperidine rings is 1. The summed E-state index contributed by atoms with van der Waals surface area (Å²) in [6.07, 6.45) is -0.613.